The van der Waals surface area contributed by atoms with Crippen LogP contribution in [0.25, 0.3) is 21.3 Å². The van der Waals surface area contributed by atoms with Crippen molar-refractivity contribution in [1.82, 2.24) is 9.66 Å². The fraction of sp³-hybridized carbons (Fsp3) is 0.208. The Morgan fingerprint density at radius 1 is 1.16 bits per heavy atom. The van der Waals surface area contributed by atoms with Gasteiger partial charge in [0.15, 0.2) is 0 Å². The van der Waals surface area contributed by atoms with Gasteiger partial charge in [-0.25, -0.2) is 9.66 Å². The standard InChI is InChI=1S/C24H21N3O3S/c1-15-20(17-5-3-2-4-6-17)21-23(31-15)25-14-27(24(21)29)26-22(28)18-9-11-19(12-10-18)30-13-16-7-8-16/h2-6,9-12,14,16H,7-8,13H2,1H3,(H,26,28). The predicted molar refractivity (Wildman–Crippen MR) is 122 cm³/mol. The van der Waals surface area contributed by atoms with Gasteiger partial charge in [0, 0.05) is 16.0 Å². The van der Waals surface area contributed by atoms with Crippen LogP contribution in [-0.2, 0) is 0 Å². The van der Waals surface area contributed by atoms with Gasteiger partial charge in [0.1, 0.15) is 16.9 Å². The van der Waals surface area contributed by atoms with Crippen LogP contribution in [0.3, 0.4) is 0 Å². The number of aryl methyl sites for hydroxylation is 1. The third-order valence-electron chi connectivity index (χ3n) is 5.37. The van der Waals surface area contributed by atoms with E-state index in [4.69, 9.17) is 4.74 Å². The first-order valence-corrected chi connectivity index (χ1v) is 11.0. The molecule has 4 aromatic rings. The monoisotopic (exact) mass is 431 g/mol. The van der Waals surface area contributed by atoms with E-state index in [0.29, 0.717) is 21.7 Å². The van der Waals surface area contributed by atoms with Crippen LogP contribution in [0.15, 0.2) is 65.7 Å². The minimum Gasteiger partial charge on any atom is -0.493 e. The molecule has 1 amide bonds. The first-order valence-electron chi connectivity index (χ1n) is 10.2. The predicted octanol–water partition coefficient (Wildman–Crippen LogP) is 4.61. The van der Waals surface area contributed by atoms with Gasteiger partial charge in [0.05, 0.1) is 12.0 Å². The van der Waals surface area contributed by atoms with Gasteiger partial charge in [-0.05, 0) is 55.5 Å². The van der Waals surface area contributed by atoms with Crippen LogP contribution in [0.2, 0.25) is 0 Å². The Kier molecular flexibility index (Phi) is 5.03. The van der Waals surface area contributed by atoms with Gasteiger partial charge in [0.25, 0.3) is 11.5 Å². The minimum absolute atomic E-state index is 0.300. The highest BCUT2D eigenvalue weighted by Crippen LogP contribution is 2.35. The smallest absolute Gasteiger partial charge is 0.281 e. The van der Waals surface area contributed by atoms with E-state index >= 15 is 0 Å². The molecule has 0 saturated heterocycles. The molecule has 1 fully saturated rings. The van der Waals surface area contributed by atoms with Gasteiger partial charge in [-0.1, -0.05) is 30.3 Å². The number of amides is 1. The number of hydrogen-bond donors (Lipinski definition) is 1. The Morgan fingerprint density at radius 2 is 1.90 bits per heavy atom. The average Bonchev–Trinajstić information content (AvgIpc) is 3.56. The molecule has 0 atom stereocenters. The Hall–Kier alpha value is -3.45. The number of nitrogens with zero attached hydrogens (tertiary/aromatic N) is 2. The average molecular weight is 432 g/mol. The highest BCUT2D eigenvalue weighted by atomic mass is 32.1. The topological polar surface area (TPSA) is 73.2 Å². The zero-order chi connectivity index (χ0) is 21.4. The summed E-state index contributed by atoms with van der Waals surface area (Å²) in [6, 6.07) is 16.7. The zero-order valence-electron chi connectivity index (χ0n) is 17.0. The summed E-state index contributed by atoms with van der Waals surface area (Å²) >= 11 is 1.47. The summed E-state index contributed by atoms with van der Waals surface area (Å²) < 4.78 is 6.87. The number of carbonyl (C=O) groups excluding carboxylic acids is 1. The molecule has 1 saturated carbocycles. The lowest BCUT2D eigenvalue weighted by Crippen LogP contribution is -2.33. The molecule has 2 aromatic heterocycles. The molecule has 0 spiro atoms. The molecule has 1 aliphatic carbocycles. The molecule has 31 heavy (non-hydrogen) atoms. The summed E-state index contributed by atoms with van der Waals surface area (Å²) in [7, 11) is 0. The SMILES string of the molecule is Cc1sc2ncn(NC(=O)c3ccc(OCC4CC4)cc3)c(=O)c2c1-c1ccccc1. The van der Waals surface area contributed by atoms with Crippen molar-refractivity contribution in [3.63, 3.8) is 0 Å². The number of fused-ring (bicyclic) bond motifs is 1. The van der Waals surface area contributed by atoms with Crippen LogP contribution in [0, 0.1) is 12.8 Å². The maximum absolute atomic E-state index is 13.2. The Balaban J connectivity index is 1.42. The zero-order valence-corrected chi connectivity index (χ0v) is 17.8. The van der Waals surface area contributed by atoms with Crippen LogP contribution < -0.4 is 15.7 Å². The second-order valence-corrected chi connectivity index (χ2v) is 8.92. The van der Waals surface area contributed by atoms with Crippen LogP contribution in [0.1, 0.15) is 28.1 Å². The van der Waals surface area contributed by atoms with Crippen molar-refractivity contribution >= 4 is 27.5 Å². The molecule has 0 bridgehead atoms. The van der Waals surface area contributed by atoms with Crippen LogP contribution in [0.5, 0.6) is 5.75 Å². The minimum atomic E-state index is -0.384. The molecule has 0 unspecified atom stereocenters. The molecule has 0 aliphatic heterocycles. The summed E-state index contributed by atoms with van der Waals surface area (Å²) in [6.07, 6.45) is 3.81. The van der Waals surface area contributed by atoms with E-state index in [2.05, 4.69) is 10.4 Å². The molecular weight excluding hydrogens is 410 g/mol. The normalized spacial score (nSPS) is 13.3. The molecular formula is C24H21N3O3S. The van der Waals surface area contributed by atoms with Crippen molar-refractivity contribution in [3.05, 3.63) is 81.7 Å². The summed E-state index contributed by atoms with van der Waals surface area (Å²) in [6.45, 7) is 2.69. The molecule has 1 aliphatic rings. The number of ether oxygens (including phenoxy) is 1. The highest BCUT2D eigenvalue weighted by molar-refractivity contribution is 7.19. The van der Waals surface area contributed by atoms with E-state index in [1.165, 1.54) is 30.5 Å². The quantitative estimate of drug-likeness (QED) is 0.484. The Morgan fingerprint density at radius 3 is 2.61 bits per heavy atom. The number of nitrogens with one attached hydrogen (secondary N) is 1. The highest BCUT2D eigenvalue weighted by Gasteiger charge is 2.22. The molecule has 156 valence electrons. The summed E-state index contributed by atoms with van der Waals surface area (Å²) in [5, 5.41) is 0.514. The van der Waals surface area contributed by atoms with Gasteiger partial charge < -0.3 is 4.74 Å². The molecule has 5 rings (SSSR count). The number of thiophene rings is 1. The lowest BCUT2D eigenvalue weighted by atomic mass is 10.0. The van der Waals surface area contributed by atoms with E-state index < -0.39 is 0 Å². The first kappa shape index (κ1) is 19.5. The lowest BCUT2D eigenvalue weighted by molar-refractivity contribution is 0.101. The molecule has 1 N–H and O–H groups in total. The van der Waals surface area contributed by atoms with Crippen LogP contribution >= 0.6 is 11.3 Å². The van der Waals surface area contributed by atoms with E-state index in [9.17, 15) is 9.59 Å². The van der Waals surface area contributed by atoms with Gasteiger partial charge in [-0.2, -0.15) is 0 Å². The second kappa shape index (κ2) is 8.00. The molecule has 7 heteroatoms. The number of benzene rings is 2. The number of hydrogen-bond acceptors (Lipinski definition) is 5. The number of aromatic nitrogens is 2. The summed E-state index contributed by atoms with van der Waals surface area (Å²) in [5.41, 5.74) is 4.61. The van der Waals surface area contributed by atoms with E-state index in [0.717, 1.165) is 33.0 Å². The first-order chi connectivity index (χ1) is 15.1. The molecule has 6 nitrogen and oxygen atoms in total. The van der Waals surface area contributed by atoms with E-state index in [1.54, 1.807) is 24.3 Å². The third kappa shape index (κ3) is 3.96. The van der Waals surface area contributed by atoms with Gasteiger partial charge in [-0.3, -0.25) is 15.0 Å². The lowest BCUT2D eigenvalue weighted by Gasteiger charge is -2.09. The maximum Gasteiger partial charge on any atom is 0.281 e. The molecule has 0 radical (unpaired) electrons. The Bertz CT molecular complexity index is 1310. The largest absolute Gasteiger partial charge is 0.493 e. The third-order valence-corrected chi connectivity index (χ3v) is 6.39. The Labute approximate surface area is 183 Å². The molecule has 2 aromatic carbocycles. The van der Waals surface area contributed by atoms with E-state index in [1.807, 2.05) is 37.3 Å². The fourth-order valence-corrected chi connectivity index (χ4v) is 4.51. The van der Waals surface area contributed by atoms with Crippen molar-refractivity contribution < 1.29 is 9.53 Å². The number of carbonyl (C=O) groups is 1. The van der Waals surface area contributed by atoms with Crippen LogP contribution in [0.4, 0.5) is 0 Å². The van der Waals surface area contributed by atoms with Crippen molar-refractivity contribution in [2.75, 3.05) is 12.0 Å². The van der Waals surface area contributed by atoms with Crippen molar-refractivity contribution in [1.29, 1.82) is 0 Å². The number of rotatable bonds is 6. The van der Waals surface area contributed by atoms with Crippen molar-refractivity contribution in [2.45, 2.75) is 19.8 Å². The van der Waals surface area contributed by atoms with Gasteiger partial charge in [-0.15, -0.1) is 11.3 Å². The summed E-state index contributed by atoms with van der Waals surface area (Å²) in [5.74, 6) is 1.02. The second-order valence-electron chi connectivity index (χ2n) is 7.72. The summed E-state index contributed by atoms with van der Waals surface area (Å²) in [4.78, 5) is 32.0. The van der Waals surface area contributed by atoms with Crippen molar-refractivity contribution in [2.24, 2.45) is 5.92 Å². The van der Waals surface area contributed by atoms with Crippen molar-refractivity contribution in [3.8, 4) is 16.9 Å². The van der Waals surface area contributed by atoms with Gasteiger partial charge >= 0.3 is 0 Å². The van der Waals surface area contributed by atoms with Crippen LogP contribution in [-0.4, -0.2) is 22.2 Å². The van der Waals surface area contributed by atoms with Gasteiger partial charge in [0.2, 0.25) is 0 Å². The maximum atomic E-state index is 13.2. The van der Waals surface area contributed by atoms with E-state index in [-0.39, 0.29) is 11.5 Å². The molecule has 2 heterocycles. The fourth-order valence-electron chi connectivity index (χ4n) is 3.51.